The van der Waals surface area contributed by atoms with E-state index in [0.29, 0.717) is 23.0 Å². The van der Waals surface area contributed by atoms with E-state index in [-0.39, 0.29) is 5.41 Å². The molecule has 0 saturated carbocycles. The van der Waals surface area contributed by atoms with Crippen molar-refractivity contribution in [3.63, 3.8) is 0 Å². The van der Waals surface area contributed by atoms with Crippen LogP contribution in [-0.2, 0) is 5.41 Å². The maximum absolute atomic E-state index is 9.77. The lowest BCUT2D eigenvalue weighted by Gasteiger charge is -2.30. The predicted molar refractivity (Wildman–Crippen MR) is 261 cm³/mol. The number of rotatable bonds is 5. The Hall–Kier alpha value is -8.30. The predicted octanol–water partition coefficient (Wildman–Crippen LogP) is 14.8. The summed E-state index contributed by atoms with van der Waals surface area (Å²) in [5.41, 5.74) is 18.1. The number of benzene rings is 9. The van der Waals surface area contributed by atoms with Gasteiger partial charge in [-0.25, -0.2) is 15.0 Å². The lowest BCUT2D eigenvalue weighted by molar-refractivity contribution is 0.794. The second kappa shape index (κ2) is 14.1. The summed E-state index contributed by atoms with van der Waals surface area (Å²) in [5.74, 6) is 1.79. The van der Waals surface area contributed by atoms with Gasteiger partial charge in [0.2, 0.25) is 0 Å². The van der Waals surface area contributed by atoms with E-state index >= 15 is 0 Å². The van der Waals surface area contributed by atoms with Gasteiger partial charge in [-0.15, -0.1) is 11.3 Å². The maximum Gasteiger partial charge on any atom is 0.164 e. The van der Waals surface area contributed by atoms with E-state index in [9.17, 15) is 5.26 Å². The Kier molecular flexibility index (Phi) is 8.02. The Labute approximate surface area is 374 Å². The van der Waals surface area contributed by atoms with E-state index < -0.39 is 0 Å². The summed E-state index contributed by atoms with van der Waals surface area (Å²) < 4.78 is 2.24. The number of fused-ring (bicyclic) bond motifs is 13. The molecule has 0 atom stereocenters. The van der Waals surface area contributed by atoms with Crippen molar-refractivity contribution >= 4 is 31.5 Å². The zero-order chi connectivity index (χ0) is 42.4. The first-order chi connectivity index (χ1) is 31.7. The molecule has 0 fully saturated rings. The van der Waals surface area contributed by atoms with Gasteiger partial charge in [0.05, 0.1) is 17.0 Å². The van der Waals surface area contributed by atoms with Crippen molar-refractivity contribution in [3.05, 3.63) is 234 Å². The average molecular weight is 831 g/mol. The second-order valence-electron chi connectivity index (χ2n) is 16.6. The molecule has 296 valence electrons. The van der Waals surface area contributed by atoms with Crippen molar-refractivity contribution in [3.8, 4) is 84.7 Å². The molecule has 64 heavy (non-hydrogen) atoms. The Morgan fingerprint density at radius 1 is 0.359 bits per heavy atom. The fourth-order valence-electron chi connectivity index (χ4n) is 10.4. The van der Waals surface area contributed by atoms with Crippen LogP contribution in [0.3, 0.4) is 0 Å². The Morgan fingerprint density at radius 3 is 1.53 bits per heavy atom. The highest BCUT2D eigenvalue weighted by atomic mass is 32.1. The van der Waals surface area contributed by atoms with E-state index in [4.69, 9.17) is 15.0 Å². The molecule has 13 rings (SSSR count). The summed E-state index contributed by atoms with van der Waals surface area (Å²) in [4.78, 5) is 15.4. The Bertz CT molecular complexity index is 3720. The molecule has 0 radical (unpaired) electrons. The molecule has 2 heterocycles. The van der Waals surface area contributed by atoms with E-state index in [1.807, 2.05) is 48.5 Å². The van der Waals surface area contributed by atoms with Gasteiger partial charge in [-0.1, -0.05) is 164 Å². The summed E-state index contributed by atoms with van der Waals surface area (Å²) in [6.45, 7) is 0. The lowest BCUT2D eigenvalue weighted by Crippen LogP contribution is -2.25. The minimum atomic E-state index is -0.361. The van der Waals surface area contributed by atoms with Gasteiger partial charge in [-0.2, -0.15) is 5.26 Å². The van der Waals surface area contributed by atoms with E-state index in [1.165, 1.54) is 50.1 Å². The van der Waals surface area contributed by atoms with Crippen molar-refractivity contribution in [2.75, 3.05) is 0 Å². The van der Waals surface area contributed by atoms with Gasteiger partial charge in [0, 0.05) is 36.9 Å². The molecule has 11 aromatic rings. The van der Waals surface area contributed by atoms with Crippen molar-refractivity contribution in [2.24, 2.45) is 0 Å². The molecule has 5 heteroatoms. The van der Waals surface area contributed by atoms with Crippen molar-refractivity contribution in [1.82, 2.24) is 15.0 Å². The van der Waals surface area contributed by atoms with Crippen LogP contribution >= 0.6 is 11.3 Å². The average Bonchev–Trinajstić information content (AvgIpc) is 4.00. The summed E-state index contributed by atoms with van der Waals surface area (Å²) in [7, 11) is 0. The molecule has 0 N–H and O–H groups in total. The van der Waals surface area contributed by atoms with E-state index in [0.717, 1.165) is 53.6 Å². The minimum absolute atomic E-state index is 0.361. The first-order valence-electron chi connectivity index (χ1n) is 21.5. The molecule has 4 nitrogen and oxygen atoms in total. The van der Waals surface area contributed by atoms with Crippen LogP contribution in [0.1, 0.15) is 27.8 Å². The highest BCUT2D eigenvalue weighted by Crippen LogP contribution is 2.63. The number of hydrogen-bond acceptors (Lipinski definition) is 5. The third-order valence-electron chi connectivity index (χ3n) is 13.2. The standard InChI is InChI=1S/C59H34N4S/c60-35-36-27-30-53-48(31-36)55-46(22-12-26-54(55)64-53)58-62-56(37-13-2-1-3-14-37)61-57(63-58)42-18-11-17-40(33-42)38-15-10-16-39(32-38)41-28-29-52-47(34-41)45-21-6-9-25-51(45)59(52)49-23-7-4-19-43(49)44-20-5-8-24-50(44)59/h1-34H. The van der Waals surface area contributed by atoms with E-state index in [1.54, 1.807) is 11.3 Å². The molecule has 0 bridgehead atoms. The molecular weight excluding hydrogens is 797 g/mol. The first kappa shape index (κ1) is 36.4. The quantitative estimate of drug-likeness (QED) is 0.173. The molecular formula is C59H34N4S. The molecule has 0 aliphatic heterocycles. The van der Waals surface area contributed by atoms with Crippen molar-refractivity contribution < 1.29 is 0 Å². The maximum atomic E-state index is 9.77. The topological polar surface area (TPSA) is 62.5 Å². The number of hydrogen-bond donors (Lipinski definition) is 0. The van der Waals surface area contributed by atoms with Crippen LogP contribution in [0.15, 0.2) is 206 Å². The van der Waals surface area contributed by atoms with Crippen LogP contribution in [0.25, 0.3) is 98.8 Å². The lowest BCUT2D eigenvalue weighted by atomic mass is 9.70. The number of nitriles is 1. The van der Waals surface area contributed by atoms with Crippen LogP contribution in [0, 0.1) is 11.3 Å². The zero-order valence-corrected chi connectivity index (χ0v) is 35.1. The molecule has 0 amide bonds. The van der Waals surface area contributed by atoms with E-state index in [2.05, 4.69) is 164 Å². The Balaban J connectivity index is 0.919. The molecule has 0 saturated heterocycles. The molecule has 2 aliphatic rings. The van der Waals surface area contributed by atoms with Crippen LogP contribution < -0.4 is 0 Å². The van der Waals surface area contributed by atoms with Crippen LogP contribution in [0.2, 0.25) is 0 Å². The largest absolute Gasteiger partial charge is 0.208 e. The third kappa shape index (κ3) is 5.37. The van der Waals surface area contributed by atoms with Gasteiger partial charge >= 0.3 is 0 Å². The fourth-order valence-corrected chi connectivity index (χ4v) is 11.5. The fraction of sp³-hybridized carbons (Fsp3) is 0.0169. The smallest absolute Gasteiger partial charge is 0.164 e. The van der Waals surface area contributed by atoms with Gasteiger partial charge in [0.1, 0.15) is 0 Å². The first-order valence-corrected chi connectivity index (χ1v) is 22.3. The molecule has 2 aromatic heterocycles. The summed E-state index contributed by atoms with van der Waals surface area (Å²) in [6.07, 6.45) is 0. The van der Waals surface area contributed by atoms with Gasteiger partial charge in [-0.3, -0.25) is 0 Å². The monoisotopic (exact) mass is 830 g/mol. The molecule has 0 unspecified atom stereocenters. The van der Waals surface area contributed by atoms with Crippen LogP contribution in [-0.4, -0.2) is 15.0 Å². The third-order valence-corrected chi connectivity index (χ3v) is 14.3. The normalized spacial score (nSPS) is 12.8. The highest BCUT2D eigenvalue weighted by Gasteiger charge is 2.51. The van der Waals surface area contributed by atoms with Crippen molar-refractivity contribution in [2.45, 2.75) is 5.41 Å². The Morgan fingerprint density at radius 2 is 0.859 bits per heavy atom. The molecule has 1 spiro atoms. The molecule has 9 aromatic carbocycles. The molecule has 2 aliphatic carbocycles. The number of aromatic nitrogens is 3. The zero-order valence-electron chi connectivity index (χ0n) is 34.3. The van der Waals surface area contributed by atoms with Gasteiger partial charge in [0.15, 0.2) is 17.5 Å². The number of thiophene rings is 1. The number of nitrogens with zero attached hydrogens (tertiary/aromatic N) is 4. The summed E-state index contributed by atoms with van der Waals surface area (Å²) in [5, 5.41) is 11.8. The SMILES string of the molecule is N#Cc1ccc2sc3cccc(-c4nc(-c5ccccc5)nc(-c5cccc(-c6cccc(-c7ccc8c(c7)-c7ccccc7C87c8ccccc8-c8ccccc87)c6)c5)n4)c3c2c1. The van der Waals surface area contributed by atoms with Crippen LogP contribution in [0.4, 0.5) is 0 Å². The minimum Gasteiger partial charge on any atom is -0.208 e. The van der Waals surface area contributed by atoms with Gasteiger partial charge < -0.3 is 0 Å². The van der Waals surface area contributed by atoms with Crippen molar-refractivity contribution in [1.29, 1.82) is 5.26 Å². The second-order valence-corrected chi connectivity index (χ2v) is 17.7. The highest BCUT2D eigenvalue weighted by molar-refractivity contribution is 7.25. The van der Waals surface area contributed by atoms with Gasteiger partial charge in [0.25, 0.3) is 0 Å². The van der Waals surface area contributed by atoms with Crippen LogP contribution in [0.5, 0.6) is 0 Å². The summed E-state index contributed by atoms with van der Waals surface area (Å²) >= 11 is 1.71. The summed E-state index contributed by atoms with van der Waals surface area (Å²) in [6, 6.07) is 75.8. The van der Waals surface area contributed by atoms with Gasteiger partial charge in [-0.05, 0) is 109 Å².